The van der Waals surface area contributed by atoms with Crippen molar-refractivity contribution in [2.45, 2.75) is 70.0 Å². The van der Waals surface area contributed by atoms with E-state index in [0.29, 0.717) is 30.8 Å². The molecule has 2 fully saturated rings. The molecule has 8 heteroatoms. The number of rotatable bonds is 12. The highest BCUT2D eigenvalue weighted by Crippen LogP contribution is 2.31. The van der Waals surface area contributed by atoms with Gasteiger partial charge in [-0.1, -0.05) is 36.2 Å². The molecule has 2 atom stereocenters. The summed E-state index contributed by atoms with van der Waals surface area (Å²) in [6.07, 6.45) is 9.76. The smallest absolute Gasteiger partial charge is 0.315 e. The highest BCUT2D eigenvalue weighted by atomic mass is 35.5. The molecule has 2 aromatic carbocycles. The Labute approximate surface area is 238 Å². The second-order valence-electron chi connectivity index (χ2n) is 11.2. The van der Waals surface area contributed by atoms with E-state index in [9.17, 15) is 4.79 Å². The van der Waals surface area contributed by atoms with Crippen LogP contribution in [0.4, 0.5) is 4.79 Å². The molecule has 0 spiro atoms. The Bertz CT molecular complexity index is 1060. The van der Waals surface area contributed by atoms with E-state index in [1.54, 1.807) is 0 Å². The van der Waals surface area contributed by atoms with Gasteiger partial charge in [0.1, 0.15) is 13.2 Å². The van der Waals surface area contributed by atoms with E-state index in [0.717, 1.165) is 42.1 Å². The van der Waals surface area contributed by atoms with Crippen LogP contribution in [0.15, 0.2) is 42.5 Å². The Morgan fingerprint density at radius 1 is 0.949 bits per heavy atom. The van der Waals surface area contributed by atoms with Crippen LogP contribution in [0.25, 0.3) is 0 Å². The van der Waals surface area contributed by atoms with E-state index in [1.807, 2.05) is 30.3 Å². The molecule has 0 aliphatic carbocycles. The summed E-state index contributed by atoms with van der Waals surface area (Å²) in [6.45, 7) is 7.36. The Morgan fingerprint density at radius 3 is 2.54 bits per heavy atom. The third-order valence-corrected chi connectivity index (χ3v) is 8.46. The number of hydrogen-bond acceptors (Lipinski definition) is 5. The number of urea groups is 1. The molecule has 7 nitrogen and oxygen atoms in total. The van der Waals surface area contributed by atoms with Crippen molar-refractivity contribution in [3.8, 4) is 11.5 Å². The summed E-state index contributed by atoms with van der Waals surface area (Å²) in [4.78, 5) is 18.2. The van der Waals surface area contributed by atoms with E-state index in [4.69, 9.17) is 21.1 Å². The molecule has 0 bridgehead atoms. The standard InChI is InChI=1S/C31H43ClN4O3/c32-26-11-8-24(9-12-26)22-33-31(37)34-27(20-25-10-13-29-30(21-25)39-19-18-38-29)23-36-17-5-7-28(36)6-1-2-14-35-15-3-4-16-35/h8-13,21,27-28H,1-7,14-20,22-23H2,(H2,33,34,37)/t27-,28?/m0/s1. The number of amides is 2. The summed E-state index contributed by atoms with van der Waals surface area (Å²) >= 11 is 6.00. The van der Waals surface area contributed by atoms with Crippen molar-refractivity contribution in [3.63, 3.8) is 0 Å². The van der Waals surface area contributed by atoms with Gasteiger partial charge in [-0.2, -0.15) is 0 Å². The highest BCUT2D eigenvalue weighted by molar-refractivity contribution is 6.30. The van der Waals surface area contributed by atoms with Gasteiger partial charge in [0.15, 0.2) is 11.5 Å². The van der Waals surface area contributed by atoms with E-state index >= 15 is 0 Å². The summed E-state index contributed by atoms with van der Waals surface area (Å²) in [5.74, 6) is 1.59. The molecule has 5 rings (SSSR count). The van der Waals surface area contributed by atoms with Gasteiger partial charge in [0.2, 0.25) is 0 Å². The highest BCUT2D eigenvalue weighted by Gasteiger charge is 2.28. The van der Waals surface area contributed by atoms with Crippen molar-refractivity contribution in [3.05, 3.63) is 58.6 Å². The van der Waals surface area contributed by atoms with Crippen LogP contribution in [0.5, 0.6) is 11.5 Å². The molecule has 0 radical (unpaired) electrons. The molecule has 2 saturated heterocycles. The van der Waals surface area contributed by atoms with Crippen molar-refractivity contribution in [2.75, 3.05) is 45.9 Å². The number of halogens is 1. The maximum absolute atomic E-state index is 13.0. The van der Waals surface area contributed by atoms with Gasteiger partial charge in [0.25, 0.3) is 0 Å². The molecular weight excluding hydrogens is 512 g/mol. The minimum atomic E-state index is -0.145. The van der Waals surface area contributed by atoms with Gasteiger partial charge in [-0.05, 0) is 107 Å². The van der Waals surface area contributed by atoms with Crippen LogP contribution < -0.4 is 20.1 Å². The number of fused-ring (bicyclic) bond motifs is 1. The predicted molar refractivity (Wildman–Crippen MR) is 156 cm³/mol. The zero-order chi connectivity index (χ0) is 26.9. The predicted octanol–water partition coefficient (Wildman–Crippen LogP) is 5.25. The largest absolute Gasteiger partial charge is 0.486 e. The van der Waals surface area contributed by atoms with Crippen molar-refractivity contribution < 1.29 is 14.3 Å². The normalized spacial score (nSPS) is 20.2. The maximum atomic E-state index is 13.0. The SMILES string of the molecule is O=C(NCc1ccc(Cl)cc1)N[C@@H](Cc1ccc2c(c1)OCCO2)CN1CCCC1CCCCN1CCCC1. The monoisotopic (exact) mass is 554 g/mol. The van der Waals surface area contributed by atoms with Gasteiger partial charge >= 0.3 is 6.03 Å². The maximum Gasteiger partial charge on any atom is 0.315 e. The minimum absolute atomic E-state index is 0.0111. The number of carbonyl (C=O) groups is 1. The summed E-state index contributed by atoms with van der Waals surface area (Å²) in [6, 6.07) is 14.2. The molecule has 39 heavy (non-hydrogen) atoms. The first-order valence-corrected chi connectivity index (χ1v) is 15.1. The first kappa shape index (κ1) is 28.1. The van der Waals surface area contributed by atoms with E-state index in [2.05, 4.69) is 32.6 Å². The van der Waals surface area contributed by atoms with Crippen LogP contribution in [-0.2, 0) is 13.0 Å². The molecule has 2 amide bonds. The molecule has 2 aromatic rings. The number of carbonyl (C=O) groups excluding carboxylic acids is 1. The topological polar surface area (TPSA) is 66.1 Å². The fraction of sp³-hybridized carbons (Fsp3) is 0.581. The third kappa shape index (κ3) is 8.50. The van der Waals surface area contributed by atoms with E-state index < -0.39 is 0 Å². The molecule has 0 saturated carbocycles. The van der Waals surface area contributed by atoms with Crippen molar-refractivity contribution in [1.29, 1.82) is 0 Å². The van der Waals surface area contributed by atoms with Crippen LogP contribution >= 0.6 is 11.6 Å². The Kier molecular flexibility index (Phi) is 10.2. The summed E-state index contributed by atoms with van der Waals surface area (Å²) in [7, 11) is 0. The van der Waals surface area contributed by atoms with E-state index in [1.165, 1.54) is 64.6 Å². The lowest BCUT2D eigenvalue weighted by Crippen LogP contribution is -2.49. The molecule has 3 aliphatic rings. The molecule has 2 N–H and O–H groups in total. The molecule has 212 valence electrons. The quantitative estimate of drug-likeness (QED) is 0.351. The summed E-state index contributed by atoms with van der Waals surface area (Å²) in [5.41, 5.74) is 2.16. The van der Waals surface area contributed by atoms with Gasteiger partial charge in [-0.3, -0.25) is 4.90 Å². The average Bonchev–Trinajstić information content (AvgIpc) is 3.63. The van der Waals surface area contributed by atoms with Gasteiger partial charge < -0.3 is 25.0 Å². The number of ether oxygens (including phenoxy) is 2. The van der Waals surface area contributed by atoms with Gasteiger partial charge in [0.05, 0.1) is 0 Å². The summed E-state index contributed by atoms with van der Waals surface area (Å²) < 4.78 is 11.5. The summed E-state index contributed by atoms with van der Waals surface area (Å²) in [5, 5.41) is 7.00. The fourth-order valence-corrected chi connectivity index (χ4v) is 6.27. The molecule has 3 aliphatic heterocycles. The van der Waals surface area contributed by atoms with Crippen molar-refractivity contribution in [2.24, 2.45) is 0 Å². The third-order valence-electron chi connectivity index (χ3n) is 8.20. The van der Waals surface area contributed by atoms with Gasteiger partial charge in [-0.15, -0.1) is 0 Å². The number of nitrogens with zero attached hydrogens (tertiary/aromatic N) is 2. The van der Waals surface area contributed by atoms with E-state index in [-0.39, 0.29) is 12.1 Å². The Balaban J connectivity index is 1.18. The van der Waals surface area contributed by atoms with Crippen LogP contribution in [0.3, 0.4) is 0 Å². The average molecular weight is 555 g/mol. The molecule has 1 unspecified atom stereocenters. The molecular formula is C31H43ClN4O3. The first-order chi connectivity index (χ1) is 19.1. The minimum Gasteiger partial charge on any atom is -0.486 e. The van der Waals surface area contributed by atoms with Crippen LogP contribution in [0.2, 0.25) is 5.02 Å². The van der Waals surface area contributed by atoms with Crippen molar-refractivity contribution >= 4 is 17.6 Å². The van der Waals surface area contributed by atoms with Crippen LogP contribution in [0.1, 0.15) is 56.1 Å². The van der Waals surface area contributed by atoms with Crippen LogP contribution in [0, 0.1) is 0 Å². The second kappa shape index (κ2) is 14.2. The zero-order valence-corrected chi connectivity index (χ0v) is 23.8. The zero-order valence-electron chi connectivity index (χ0n) is 23.0. The number of likely N-dealkylation sites (tertiary alicyclic amines) is 2. The lowest BCUT2D eigenvalue weighted by Gasteiger charge is -2.30. The van der Waals surface area contributed by atoms with Crippen molar-refractivity contribution in [1.82, 2.24) is 20.4 Å². The molecule has 0 aromatic heterocycles. The Hall–Kier alpha value is -2.48. The second-order valence-corrected chi connectivity index (χ2v) is 11.6. The lowest BCUT2D eigenvalue weighted by atomic mass is 10.0. The van der Waals surface area contributed by atoms with Gasteiger partial charge in [0, 0.05) is 30.2 Å². The first-order valence-electron chi connectivity index (χ1n) is 14.8. The fourth-order valence-electron chi connectivity index (χ4n) is 6.15. The molecule has 3 heterocycles. The Morgan fingerprint density at radius 2 is 1.72 bits per heavy atom. The van der Waals surface area contributed by atoms with Crippen LogP contribution in [-0.4, -0.2) is 73.9 Å². The number of benzene rings is 2. The number of hydrogen-bond donors (Lipinski definition) is 2. The number of unbranched alkanes of at least 4 members (excludes halogenated alkanes) is 1. The lowest BCUT2D eigenvalue weighted by molar-refractivity contribution is 0.171. The van der Waals surface area contributed by atoms with Gasteiger partial charge in [-0.25, -0.2) is 4.79 Å². The number of nitrogens with one attached hydrogen (secondary N) is 2.